The van der Waals surface area contributed by atoms with E-state index < -0.39 is 0 Å². The lowest BCUT2D eigenvalue weighted by Gasteiger charge is -2.21. The first-order valence-electron chi connectivity index (χ1n) is 11.8. The molecule has 0 bridgehead atoms. The van der Waals surface area contributed by atoms with Crippen molar-refractivity contribution in [2.45, 2.75) is 58.4 Å². The molecule has 4 nitrogen and oxygen atoms in total. The maximum absolute atomic E-state index is 13.0. The van der Waals surface area contributed by atoms with Crippen LogP contribution in [0.5, 0.6) is 0 Å². The summed E-state index contributed by atoms with van der Waals surface area (Å²) in [7, 11) is 0. The van der Waals surface area contributed by atoms with Gasteiger partial charge in [-0.2, -0.15) is 0 Å². The van der Waals surface area contributed by atoms with E-state index in [-0.39, 0.29) is 17.9 Å². The molecule has 2 unspecified atom stereocenters. The van der Waals surface area contributed by atoms with E-state index >= 15 is 0 Å². The number of halogens is 1. The summed E-state index contributed by atoms with van der Waals surface area (Å²) < 4.78 is 0. The molecule has 5 heteroatoms. The van der Waals surface area contributed by atoms with Gasteiger partial charge in [0.2, 0.25) is 5.91 Å². The number of fused-ring (bicyclic) bond motifs is 1. The number of aromatic nitrogens is 1. The van der Waals surface area contributed by atoms with Gasteiger partial charge in [0, 0.05) is 34.6 Å². The first kappa shape index (κ1) is 24.3. The van der Waals surface area contributed by atoms with E-state index in [4.69, 9.17) is 11.6 Å². The van der Waals surface area contributed by atoms with E-state index in [0.29, 0.717) is 11.4 Å². The number of benzene rings is 2. The van der Waals surface area contributed by atoms with E-state index in [1.54, 1.807) is 0 Å². The molecule has 0 fully saturated rings. The first-order valence-corrected chi connectivity index (χ1v) is 12.2. The molecule has 3 rings (SSSR count). The van der Waals surface area contributed by atoms with Gasteiger partial charge in [-0.05, 0) is 81.1 Å². The fourth-order valence-corrected chi connectivity index (χ4v) is 4.61. The van der Waals surface area contributed by atoms with Crippen molar-refractivity contribution < 1.29 is 4.79 Å². The van der Waals surface area contributed by atoms with Crippen molar-refractivity contribution in [1.29, 1.82) is 0 Å². The molecular formula is C27H36ClN3O. The molecule has 172 valence electrons. The average molecular weight is 454 g/mol. The van der Waals surface area contributed by atoms with Crippen LogP contribution >= 0.6 is 11.6 Å². The highest BCUT2D eigenvalue weighted by Gasteiger charge is 2.21. The maximum Gasteiger partial charge on any atom is 0.220 e. The van der Waals surface area contributed by atoms with Crippen molar-refractivity contribution in [3.63, 3.8) is 0 Å². The van der Waals surface area contributed by atoms with E-state index in [1.165, 1.54) is 5.56 Å². The second kappa shape index (κ2) is 12.1. The average Bonchev–Trinajstić information content (AvgIpc) is 3.20. The Labute approximate surface area is 197 Å². The van der Waals surface area contributed by atoms with Crippen molar-refractivity contribution in [1.82, 2.24) is 15.2 Å². The number of amides is 1. The maximum atomic E-state index is 13.0. The molecule has 3 aromatic rings. The lowest BCUT2D eigenvalue weighted by atomic mass is 9.88. The van der Waals surface area contributed by atoms with E-state index in [2.05, 4.69) is 60.2 Å². The quantitative estimate of drug-likeness (QED) is 0.344. The number of carbonyl (C=O) groups excluding carboxylic acids is 1. The number of nitrogens with one attached hydrogen (secondary N) is 2. The Kier molecular flexibility index (Phi) is 9.19. The minimum Gasteiger partial charge on any atom is -0.361 e. The predicted molar refractivity (Wildman–Crippen MR) is 135 cm³/mol. The summed E-state index contributed by atoms with van der Waals surface area (Å²) in [6.07, 6.45) is 5.39. The molecule has 0 spiro atoms. The zero-order chi connectivity index (χ0) is 22.9. The number of nitrogens with zero attached hydrogens (tertiary/aromatic N) is 1. The minimum atomic E-state index is 0.0764. The smallest absolute Gasteiger partial charge is 0.220 e. The lowest BCUT2D eigenvalue weighted by Crippen LogP contribution is -2.34. The van der Waals surface area contributed by atoms with Crippen molar-refractivity contribution in [2.75, 3.05) is 19.6 Å². The lowest BCUT2D eigenvalue weighted by molar-refractivity contribution is -0.122. The van der Waals surface area contributed by atoms with Gasteiger partial charge in [0.15, 0.2) is 0 Å². The van der Waals surface area contributed by atoms with E-state index in [1.807, 2.05) is 30.5 Å². The Morgan fingerprint density at radius 3 is 2.59 bits per heavy atom. The molecule has 0 saturated heterocycles. The SMILES string of the molecule is CCN(CC)CCCC(C)NC(=O)CC(Cc1ccccc1)c1c[nH]c2ccc(Cl)cc12. The first-order chi connectivity index (χ1) is 15.5. The zero-order valence-electron chi connectivity index (χ0n) is 19.5. The second-order valence-electron chi connectivity index (χ2n) is 8.66. The largest absolute Gasteiger partial charge is 0.361 e. The molecule has 0 radical (unpaired) electrons. The highest BCUT2D eigenvalue weighted by atomic mass is 35.5. The third-order valence-electron chi connectivity index (χ3n) is 6.29. The monoisotopic (exact) mass is 453 g/mol. The van der Waals surface area contributed by atoms with Crippen molar-refractivity contribution in [3.05, 3.63) is 70.9 Å². The molecule has 2 N–H and O–H groups in total. The third kappa shape index (κ3) is 6.85. The number of carbonyl (C=O) groups is 1. The van der Waals surface area contributed by atoms with Crippen LogP contribution in [0.3, 0.4) is 0 Å². The highest BCUT2D eigenvalue weighted by molar-refractivity contribution is 6.31. The zero-order valence-corrected chi connectivity index (χ0v) is 20.3. The standard InChI is InChI=1S/C27H36ClN3O/c1-4-31(5-2)15-9-10-20(3)30-27(32)17-22(16-21-11-7-6-8-12-21)25-19-29-26-14-13-23(28)18-24(25)26/h6-8,11-14,18-20,22,29H,4-5,9-10,15-17H2,1-3H3,(H,30,32). The fraction of sp³-hybridized carbons (Fsp3) is 0.444. The summed E-state index contributed by atoms with van der Waals surface area (Å²) in [4.78, 5) is 18.8. The summed E-state index contributed by atoms with van der Waals surface area (Å²) in [5.41, 5.74) is 3.43. The fourth-order valence-electron chi connectivity index (χ4n) is 4.43. The molecule has 32 heavy (non-hydrogen) atoms. The third-order valence-corrected chi connectivity index (χ3v) is 6.52. The van der Waals surface area contributed by atoms with Gasteiger partial charge in [-0.15, -0.1) is 0 Å². The van der Waals surface area contributed by atoms with Gasteiger partial charge in [0.25, 0.3) is 0 Å². The molecular weight excluding hydrogens is 418 g/mol. The van der Waals surface area contributed by atoms with Gasteiger partial charge in [-0.25, -0.2) is 0 Å². The van der Waals surface area contributed by atoms with Gasteiger partial charge < -0.3 is 15.2 Å². The molecule has 2 aromatic carbocycles. The van der Waals surface area contributed by atoms with Gasteiger partial charge in [-0.3, -0.25) is 4.79 Å². The van der Waals surface area contributed by atoms with Crippen LogP contribution in [0.4, 0.5) is 0 Å². The molecule has 1 aromatic heterocycles. The van der Waals surface area contributed by atoms with Crippen LogP contribution in [0.2, 0.25) is 5.02 Å². The van der Waals surface area contributed by atoms with Crippen LogP contribution < -0.4 is 5.32 Å². The molecule has 1 amide bonds. The van der Waals surface area contributed by atoms with Gasteiger partial charge in [0.05, 0.1) is 0 Å². The number of aromatic amines is 1. The summed E-state index contributed by atoms with van der Waals surface area (Å²) >= 11 is 6.28. The van der Waals surface area contributed by atoms with Crippen molar-refractivity contribution >= 4 is 28.4 Å². The Balaban J connectivity index is 1.68. The summed E-state index contributed by atoms with van der Waals surface area (Å²) in [6, 6.07) is 16.4. The van der Waals surface area contributed by atoms with Crippen LogP contribution in [0, 0.1) is 0 Å². The molecule has 0 aliphatic carbocycles. The van der Waals surface area contributed by atoms with Crippen LogP contribution in [0.15, 0.2) is 54.7 Å². The summed E-state index contributed by atoms with van der Waals surface area (Å²) in [6.45, 7) is 9.73. The molecule has 2 atom stereocenters. The molecule has 0 aliphatic heterocycles. The Morgan fingerprint density at radius 2 is 1.88 bits per heavy atom. The van der Waals surface area contributed by atoms with Crippen LogP contribution in [0.1, 0.15) is 57.1 Å². The predicted octanol–water partition coefficient (Wildman–Crippen LogP) is 6.16. The molecule has 1 heterocycles. The van der Waals surface area contributed by atoms with Crippen LogP contribution in [0.25, 0.3) is 10.9 Å². The van der Waals surface area contributed by atoms with Crippen LogP contribution in [-0.4, -0.2) is 41.5 Å². The number of hydrogen-bond acceptors (Lipinski definition) is 2. The van der Waals surface area contributed by atoms with E-state index in [9.17, 15) is 4.79 Å². The molecule has 0 aliphatic rings. The summed E-state index contributed by atoms with van der Waals surface area (Å²) in [5, 5.41) is 5.04. The Morgan fingerprint density at radius 1 is 1.12 bits per heavy atom. The van der Waals surface area contributed by atoms with Crippen molar-refractivity contribution in [2.24, 2.45) is 0 Å². The molecule has 0 saturated carbocycles. The number of hydrogen-bond donors (Lipinski definition) is 2. The summed E-state index contributed by atoms with van der Waals surface area (Å²) in [5.74, 6) is 0.185. The van der Waals surface area contributed by atoms with Gasteiger partial charge >= 0.3 is 0 Å². The normalized spacial score (nSPS) is 13.4. The minimum absolute atomic E-state index is 0.0764. The van der Waals surface area contributed by atoms with E-state index in [0.717, 1.165) is 55.4 Å². The van der Waals surface area contributed by atoms with Gasteiger partial charge in [0.1, 0.15) is 0 Å². The number of H-pyrrole nitrogens is 1. The number of rotatable bonds is 12. The second-order valence-corrected chi connectivity index (χ2v) is 9.10. The Bertz CT molecular complexity index is 981. The Hall–Kier alpha value is -2.30. The van der Waals surface area contributed by atoms with Crippen molar-refractivity contribution in [3.8, 4) is 0 Å². The topological polar surface area (TPSA) is 48.1 Å². The highest BCUT2D eigenvalue weighted by Crippen LogP contribution is 2.32. The van der Waals surface area contributed by atoms with Crippen LogP contribution in [-0.2, 0) is 11.2 Å². The van der Waals surface area contributed by atoms with Gasteiger partial charge in [-0.1, -0.05) is 55.8 Å².